The fourth-order valence-corrected chi connectivity index (χ4v) is 2.91. The van der Waals surface area contributed by atoms with E-state index >= 15 is 0 Å². The van der Waals surface area contributed by atoms with Crippen LogP contribution in [0, 0.1) is 11.3 Å². The molecule has 0 aliphatic carbocycles. The first-order valence-corrected chi connectivity index (χ1v) is 7.00. The first kappa shape index (κ1) is 15.4. The van der Waals surface area contributed by atoms with Crippen molar-refractivity contribution in [3.8, 4) is 0 Å². The maximum atomic E-state index is 12.9. The summed E-state index contributed by atoms with van der Waals surface area (Å²) in [5.74, 6) is 0.651. The number of carbonyl (C=O) groups excluding carboxylic acids is 1. The average Bonchev–Trinajstić information content (AvgIpc) is 2.80. The number of hydrogen-bond acceptors (Lipinski definition) is 3. The monoisotopic (exact) mass is 256 g/mol. The number of ether oxygens (including phenoxy) is 1. The van der Waals surface area contributed by atoms with Crippen molar-refractivity contribution in [1.29, 1.82) is 0 Å². The summed E-state index contributed by atoms with van der Waals surface area (Å²) >= 11 is 0. The van der Waals surface area contributed by atoms with Gasteiger partial charge in [0.15, 0.2) is 0 Å². The molecule has 0 aromatic rings. The third-order valence-corrected chi connectivity index (χ3v) is 4.26. The molecule has 0 aromatic carbocycles. The second kappa shape index (κ2) is 6.53. The van der Waals surface area contributed by atoms with Crippen LogP contribution >= 0.6 is 0 Å². The van der Waals surface area contributed by atoms with Gasteiger partial charge in [0.1, 0.15) is 0 Å². The number of nitrogens with zero attached hydrogens (tertiary/aromatic N) is 1. The SMILES string of the molecule is CCN(C(=O)C1(C(C)C)CCNC1)C(C)COC. The van der Waals surface area contributed by atoms with Crippen LogP contribution < -0.4 is 5.32 Å². The highest BCUT2D eigenvalue weighted by Crippen LogP contribution is 2.36. The van der Waals surface area contributed by atoms with Gasteiger partial charge in [-0.05, 0) is 32.7 Å². The molecule has 18 heavy (non-hydrogen) atoms. The number of hydrogen-bond donors (Lipinski definition) is 1. The summed E-state index contributed by atoms with van der Waals surface area (Å²) in [5.41, 5.74) is -0.224. The van der Waals surface area contributed by atoms with Crippen molar-refractivity contribution in [2.75, 3.05) is 33.4 Å². The third-order valence-electron chi connectivity index (χ3n) is 4.26. The van der Waals surface area contributed by atoms with Gasteiger partial charge in [-0.2, -0.15) is 0 Å². The van der Waals surface area contributed by atoms with Crippen molar-refractivity contribution in [1.82, 2.24) is 10.2 Å². The Morgan fingerprint density at radius 3 is 2.50 bits per heavy atom. The van der Waals surface area contributed by atoms with Crippen LogP contribution in [0.15, 0.2) is 0 Å². The zero-order valence-electron chi connectivity index (χ0n) is 12.5. The van der Waals surface area contributed by atoms with Gasteiger partial charge in [-0.3, -0.25) is 4.79 Å². The van der Waals surface area contributed by atoms with Crippen LogP contribution in [0.25, 0.3) is 0 Å². The van der Waals surface area contributed by atoms with E-state index in [9.17, 15) is 4.79 Å². The lowest BCUT2D eigenvalue weighted by atomic mass is 9.75. The largest absolute Gasteiger partial charge is 0.383 e. The van der Waals surface area contributed by atoms with Gasteiger partial charge in [-0.15, -0.1) is 0 Å². The minimum Gasteiger partial charge on any atom is -0.383 e. The molecule has 0 aromatic heterocycles. The van der Waals surface area contributed by atoms with Crippen molar-refractivity contribution in [2.24, 2.45) is 11.3 Å². The normalized spacial score (nSPS) is 25.4. The minimum absolute atomic E-state index is 0.142. The van der Waals surface area contributed by atoms with E-state index < -0.39 is 0 Å². The molecular weight excluding hydrogens is 228 g/mol. The van der Waals surface area contributed by atoms with E-state index in [1.165, 1.54) is 0 Å². The second-order valence-corrected chi connectivity index (χ2v) is 5.63. The topological polar surface area (TPSA) is 41.6 Å². The summed E-state index contributed by atoms with van der Waals surface area (Å²) < 4.78 is 5.18. The highest BCUT2D eigenvalue weighted by molar-refractivity contribution is 5.84. The molecule has 0 radical (unpaired) electrons. The van der Waals surface area contributed by atoms with Gasteiger partial charge >= 0.3 is 0 Å². The molecular formula is C14H28N2O2. The fourth-order valence-electron chi connectivity index (χ4n) is 2.91. The highest BCUT2D eigenvalue weighted by Gasteiger charge is 2.46. The van der Waals surface area contributed by atoms with Crippen LogP contribution in [-0.2, 0) is 9.53 Å². The molecule has 0 saturated carbocycles. The van der Waals surface area contributed by atoms with Gasteiger partial charge in [-0.25, -0.2) is 0 Å². The molecule has 1 amide bonds. The zero-order chi connectivity index (χ0) is 13.8. The Labute approximate surface area is 111 Å². The summed E-state index contributed by atoms with van der Waals surface area (Å²) in [6.45, 7) is 11.5. The Morgan fingerprint density at radius 2 is 2.11 bits per heavy atom. The molecule has 1 aliphatic rings. The average molecular weight is 256 g/mol. The Balaban J connectivity index is 2.87. The number of rotatable bonds is 6. The third kappa shape index (κ3) is 2.86. The lowest BCUT2D eigenvalue weighted by molar-refractivity contribution is -0.146. The lowest BCUT2D eigenvalue weighted by Gasteiger charge is -2.39. The van der Waals surface area contributed by atoms with Crippen molar-refractivity contribution in [3.05, 3.63) is 0 Å². The van der Waals surface area contributed by atoms with Gasteiger partial charge in [0.25, 0.3) is 0 Å². The Morgan fingerprint density at radius 1 is 1.44 bits per heavy atom. The van der Waals surface area contributed by atoms with Crippen LogP contribution in [-0.4, -0.2) is 50.2 Å². The Hall–Kier alpha value is -0.610. The van der Waals surface area contributed by atoms with Crippen LogP contribution in [0.4, 0.5) is 0 Å². The number of amides is 1. The first-order chi connectivity index (χ1) is 8.49. The molecule has 1 heterocycles. The molecule has 4 nitrogen and oxygen atoms in total. The molecule has 0 bridgehead atoms. The van der Waals surface area contributed by atoms with Crippen molar-refractivity contribution >= 4 is 5.91 Å². The Kier molecular flexibility index (Phi) is 5.60. The van der Waals surface area contributed by atoms with E-state index in [2.05, 4.69) is 26.1 Å². The van der Waals surface area contributed by atoms with Crippen LogP contribution in [0.2, 0.25) is 0 Å². The molecule has 4 heteroatoms. The van der Waals surface area contributed by atoms with E-state index in [4.69, 9.17) is 4.74 Å². The predicted octanol–water partition coefficient (Wildman–Crippen LogP) is 1.51. The minimum atomic E-state index is -0.224. The summed E-state index contributed by atoms with van der Waals surface area (Å²) in [4.78, 5) is 14.9. The zero-order valence-corrected chi connectivity index (χ0v) is 12.5. The molecule has 1 rings (SSSR count). The summed E-state index contributed by atoms with van der Waals surface area (Å²) in [7, 11) is 1.68. The number of nitrogens with one attached hydrogen (secondary N) is 1. The molecule has 1 saturated heterocycles. The van der Waals surface area contributed by atoms with Gasteiger partial charge in [0.2, 0.25) is 5.91 Å². The van der Waals surface area contributed by atoms with E-state index in [0.29, 0.717) is 12.5 Å². The van der Waals surface area contributed by atoms with E-state index in [1.807, 2.05) is 11.8 Å². The number of carbonyl (C=O) groups is 1. The predicted molar refractivity (Wildman–Crippen MR) is 73.5 cm³/mol. The van der Waals surface area contributed by atoms with Gasteiger partial charge < -0.3 is 15.0 Å². The van der Waals surface area contributed by atoms with Crippen LogP contribution in [0.5, 0.6) is 0 Å². The summed E-state index contributed by atoms with van der Waals surface area (Å²) in [6, 6.07) is 0.142. The van der Waals surface area contributed by atoms with Crippen molar-refractivity contribution in [2.45, 2.75) is 40.2 Å². The van der Waals surface area contributed by atoms with E-state index in [-0.39, 0.29) is 17.4 Å². The van der Waals surface area contributed by atoms with Gasteiger partial charge in [0, 0.05) is 20.2 Å². The van der Waals surface area contributed by atoms with Crippen molar-refractivity contribution in [3.63, 3.8) is 0 Å². The fraction of sp³-hybridized carbons (Fsp3) is 0.929. The standard InChI is InChI=1S/C14H28N2O2/c1-6-16(12(4)9-18-5)13(17)14(11(2)3)7-8-15-10-14/h11-12,15H,6-10H2,1-5H3. The van der Waals surface area contributed by atoms with Gasteiger partial charge in [-0.1, -0.05) is 13.8 Å². The summed E-state index contributed by atoms with van der Waals surface area (Å²) in [6.07, 6.45) is 0.944. The molecule has 2 unspecified atom stereocenters. The first-order valence-electron chi connectivity index (χ1n) is 7.00. The molecule has 1 aliphatic heterocycles. The molecule has 0 spiro atoms. The number of methoxy groups -OCH3 is 1. The molecule has 1 fully saturated rings. The Bertz CT molecular complexity index is 273. The maximum Gasteiger partial charge on any atom is 0.230 e. The van der Waals surface area contributed by atoms with Crippen molar-refractivity contribution < 1.29 is 9.53 Å². The molecule has 1 N–H and O–H groups in total. The summed E-state index contributed by atoms with van der Waals surface area (Å²) in [5, 5.41) is 3.35. The second-order valence-electron chi connectivity index (χ2n) is 5.63. The van der Waals surface area contributed by atoms with E-state index in [0.717, 1.165) is 26.1 Å². The quantitative estimate of drug-likeness (QED) is 0.783. The highest BCUT2D eigenvalue weighted by atomic mass is 16.5. The molecule has 106 valence electrons. The van der Waals surface area contributed by atoms with E-state index in [1.54, 1.807) is 7.11 Å². The lowest BCUT2D eigenvalue weighted by Crippen LogP contribution is -2.52. The van der Waals surface area contributed by atoms with Gasteiger partial charge in [0.05, 0.1) is 18.1 Å². The van der Waals surface area contributed by atoms with Crippen LogP contribution in [0.1, 0.15) is 34.1 Å². The van der Waals surface area contributed by atoms with Crippen LogP contribution in [0.3, 0.4) is 0 Å². The number of likely N-dealkylation sites (N-methyl/N-ethyl adjacent to an activating group) is 1. The molecule has 2 atom stereocenters. The smallest absolute Gasteiger partial charge is 0.230 e. The maximum absolute atomic E-state index is 12.9.